The number of aliphatic hydroxyl groups excluding tert-OH is 1. The number of aliphatic hydroxyl groups is 1. The molecule has 0 bridgehead atoms. The zero-order valence-corrected chi connectivity index (χ0v) is 14.9. The zero-order valence-electron chi connectivity index (χ0n) is 14.0. The molecule has 3 atom stereocenters. The summed E-state index contributed by atoms with van der Waals surface area (Å²) in [5.41, 5.74) is -1.46. The molecular formula is C14H26N2O7P+. The highest BCUT2D eigenvalue weighted by molar-refractivity contribution is 7.58. The predicted molar refractivity (Wildman–Crippen MR) is 89.5 cm³/mol. The predicted octanol–water partition coefficient (Wildman–Crippen LogP) is -0.0215. The van der Waals surface area contributed by atoms with Crippen molar-refractivity contribution in [3.05, 3.63) is 33.1 Å². The highest BCUT2D eigenvalue weighted by Gasteiger charge is 2.63. The molecule has 138 valence electrons. The van der Waals surface area contributed by atoms with Crippen LogP contribution in [0.4, 0.5) is 0 Å². The second kappa shape index (κ2) is 8.33. The van der Waals surface area contributed by atoms with E-state index < -0.39 is 31.0 Å². The average Bonchev–Trinajstić information content (AvgIpc) is 2.98. The molecular weight excluding hydrogens is 339 g/mol. The molecule has 0 aromatic carbocycles. The first-order valence-corrected chi connectivity index (χ1v) is 9.63. The van der Waals surface area contributed by atoms with Crippen molar-refractivity contribution in [1.82, 2.24) is 9.55 Å². The van der Waals surface area contributed by atoms with Crippen LogP contribution in [0.2, 0.25) is 0 Å². The molecule has 1 aliphatic carbocycles. The Morgan fingerprint density at radius 3 is 2.50 bits per heavy atom. The minimum Gasteiger partial charge on any atom is -0.400 e. The summed E-state index contributed by atoms with van der Waals surface area (Å²) in [6, 6.07) is 1.26. The molecule has 1 saturated carbocycles. The van der Waals surface area contributed by atoms with Gasteiger partial charge >= 0.3 is 13.6 Å². The number of hydrogen-bond donors (Lipinski definition) is 5. The maximum atomic E-state index is 11.7. The smallest absolute Gasteiger partial charge is 0.400 e. The maximum Gasteiger partial charge on any atom is 0.404 e. The van der Waals surface area contributed by atoms with Crippen LogP contribution in [-0.4, -0.2) is 48.2 Å². The van der Waals surface area contributed by atoms with Crippen LogP contribution in [0.3, 0.4) is 0 Å². The van der Waals surface area contributed by atoms with E-state index in [0.29, 0.717) is 19.3 Å². The van der Waals surface area contributed by atoms with Gasteiger partial charge in [0.1, 0.15) is 12.4 Å². The molecule has 2 fully saturated rings. The maximum absolute atomic E-state index is 11.7. The van der Waals surface area contributed by atoms with Crippen molar-refractivity contribution in [2.24, 2.45) is 5.92 Å². The van der Waals surface area contributed by atoms with Crippen LogP contribution >= 0.6 is 7.94 Å². The lowest BCUT2D eigenvalue weighted by Gasteiger charge is -2.15. The van der Waals surface area contributed by atoms with Gasteiger partial charge in [0.2, 0.25) is 0 Å². The molecule has 24 heavy (non-hydrogen) atoms. The van der Waals surface area contributed by atoms with E-state index in [9.17, 15) is 9.59 Å². The lowest BCUT2D eigenvalue weighted by atomic mass is 10.2. The van der Waals surface area contributed by atoms with Crippen LogP contribution in [0, 0.1) is 5.92 Å². The van der Waals surface area contributed by atoms with Crippen molar-refractivity contribution in [3.63, 3.8) is 0 Å². The molecule has 9 nitrogen and oxygen atoms in total. The summed E-state index contributed by atoms with van der Waals surface area (Å²) in [5.74, 6) is -0.0979. The molecule has 0 amide bonds. The Kier molecular flexibility index (Phi) is 7.27. The van der Waals surface area contributed by atoms with Crippen molar-refractivity contribution in [1.29, 1.82) is 0 Å². The minimum atomic E-state index is -3.79. The van der Waals surface area contributed by atoms with Gasteiger partial charge in [-0.25, -0.2) is 4.79 Å². The van der Waals surface area contributed by atoms with Crippen LogP contribution in [-0.2, 0) is 4.74 Å². The van der Waals surface area contributed by atoms with E-state index in [0.717, 1.165) is 7.11 Å². The normalized spacial score (nSPS) is 27.8. The minimum absolute atomic E-state index is 0.0692. The Morgan fingerprint density at radius 1 is 1.33 bits per heavy atom. The number of aromatic nitrogens is 2. The van der Waals surface area contributed by atoms with E-state index in [2.05, 4.69) is 4.98 Å². The topological polar surface area (TPSA) is 145 Å². The number of aromatic amines is 1. The van der Waals surface area contributed by atoms with Crippen molar-refractivity contribution in [2.75, 3.05) is 13.3 Å². The van der Waals surface area contributed by atoms with Gasteiger partial charge in [-0.3, -0.25) is 14.3 Å². The summed E-state index contributed by atoms with van der Waals surface area (Å²) in [7, 11) is -2.79. The fourth-order valence-electron chi connectivity index (χ4n) is 2.94. The van der Waals surface area contributed by atoms with Crippen LogP contribution in [0.1, 0.15) is 39.3 Å². The molecule has 3 unspecified atom stereocenters. The van der Waals surface area contributed by atoms with E-state index in [4.69, 9.17) is 24.5 Å². The number of ether oxygens (including phenoxy) is 1. The fourth-order valence-corrected chi connectivity index (χ4v) is 3.99. The lowest BCUT2D eigenvalue weighted by molar-refractivity contribution is -0.0230. The van der Waals surface area contributed by atoms with Gasteiger partial charge in [0.25, 0.3) is 5.56 Å². The molecule has 3 rings (SSSR count). The molecule has 0 radical (unpaired) electrons. The lowest BCUT2D eigenvalue weighted by Crippen LogP contribution is -2.31. The number of nitrogens with zero attached hydrogens (tertiary/aromatic N) is 1. The first kappa shape index (κ1) is 21.0. The molecule has 5 N–H and O–H groups in total. The molecule has 1 aliphatic heterocycles. The van der Waals surface area contributed by atoms with E-state index in [-0.39, 0.29) is 12.1 Å². The van der Waals surface area contributed by atoms with Crippen molar-refractivity contribution in [3.8, 4) is 0 Å². The Hall–Kier alpha value is -1.09. The van der Waals surface area contributed by atoms with Crippen LogP contribution in [0.25, 0.3) is 0 Å². The highest BCUT2D eigenvalue weighted by Crippen LogP contribution is 2.63. The summed E-state index contributed by atoms with van der Waals surface area (Å²) in [5, 5.41) is 7.00. The van der Waals surface area contributed by atoms with Gasteiger partial charge in [0.15, 0.2) is 0 Å². The van der Waals surface area contributed by atoms with Gasteiger partial charge in [0, 0.05) is 25.3 Å². The third-order valence-electron chi connectivity index (χ3n) is 3.99. The second-order valence-corrected chi connectivity index (χ2v) is 7.22. The number of nitrogens with one attached hydrogen (secondary N) is 1. The number of hydrogen-bond acceptors (Lipinski definition) is 7. The van der Waals surface area contributed by atoms with Gasteiger partial charge in [-0.2, -0.15) is 14.7 Å². The number of H-pyrrole nitrogens is 1. The van der Waals surface area contributed by atoms with Gasteiger partial charge in [-0.1, -0.05) is 13.8 Å². The highest BCUT2D eigenvalue weighted by atomic mass is 31.2. The Bertz CT molecular complexity index is 639. The Morgan fingerprint density at radius 2 is 1.96 bits per heavy atom. The van der Waals surface area contributed by atoms with Crippen LogP contribution in [0.5, 0.6) is 0 Å². The van der Waals surface area contributed by atoms with Gasteiger partial charge in [-0.05, 0) is 19.3 Å². The van der Waals surface area contributed by atoms with Crippen molar-refractivity contribution >= 4 is 7.94 Å². The second-order valence-electron chi connectivity index (χ2n) is 5.47. The Labute approximate surface area is 140 Å². The monoisotopic (exact) mass is 365 g/mol. The van der Waals surface area contributed by atoms with Gasteiger partial charge in [-0.15, -0.1) is 0 Å². The first-order chi connectivity index (χ1) is 11.3. The summed E-state index contributed by atoms with van der Waals surface area (Å²) >= 11 is 0. The fraction of sp³-hybridized carbons (Fsp3) is 0.714. The first-order valence-electron chi connectivity index (χ1n) is 7.79. The average molecular weight is 365 g/mol. The molecule has 1 saturated heterocycles. The summed E-state index contributed by atoms with van der Waals surface area (Å²) in [4.78, 5) is 52.2. The van der Waals surface area contributed by atoms with Gasteiger partial charge < -0.3 is 9.84 Å². The summed E-state index contributed by atoms with van der Waals surface area (Å²) < 4.78 is 7.17. The van der Waals surface area contributed by atoms with Crippen molar-refractivity contribution < 1.29 is 24.5 Å². The van der Waals surface area contributed by atoms with E-state index in [1.54, 1.807) is 0 Å². The Balaban J connectivity index is 0.000000671. The van der Waals surface area contributed by atoms with Crippen molar-refractivity contribution in [2.45, 2.75) is 44.9 Å². The molecule has 2 aliphatic rings. The third-order valence-corrected chi connectivity index (χ3v) is 4.92. The van der Waals surface area contributed by atoms with E-state index >= 15 is 0 Å². The summed E-state index contributed by atoms with van der Waals surface area (Å²) in [6.45, 7) is 4.00. The zero-order chi connectivity index (χ0) is 18.5. The van der Waals surface area contributed by atoms with E-state index in [1.807, 2.05) is 13.8 Å². The standard InChI is InChI=1S/C11H15N2O6P.C2H6.CH4O/c14-8-2-4-13(10(15)12-8)9-1-3-11(19-9)5-7(11)6-20(16,17)18;2*1-2/h2,4,7,9,16-18H,1,3,5-6H2;1-2H3;2H,1H3/p+1. The molecule has 1 aromatic rings. The van der Waals surface area contributed by atoms with Crippen LogP contribution in [0.15, 0.2) is 21.9 Å². The SMILES string of the molecule is CC.CO.O=c1ccn(C2CCC3(CC3C[P+](O)(O)O)O2)c(=O)[nH]1. The third kappa shape index (κ3) is 4.95. The van der Waals surface area contributed by atoms with Gasteiger partial charge in [0.05, 0.1) is 5.60 Å². The largest absolute Gasteiger partial charge is 0.404 e. The molecule has 1 spiro atoms. The van der Waals surface area contributed by atoms with Crippen LogP contribution < -0.4 is 11.2 Å². The molecule has 2 heterocycles. The quantitative estimate of drug-likeness (QED) is 0.473. The summed E-state index contributed by atoms with van der Waals surface area (Å²) in [6.07, 6.45) is 2.80. The molecule has 1 aromatic heterocycles. The van der Waals surface area contributed by atoms with E-state index in [1.165, 1.54) is 16.8 Å². The number of rotatable bonds is 3. The molecule has 10 heteroatoms.